The minimum atomic E-state index is -0.519. The van der Waals surface area contributed by atoms with Crippen molar-refractivity contribution in [1.82, 2.24) is 4.90 Å². The lowest BCUT2D eigenvalue weighted by molar-refractivity contribution is -0.139. The van der Waals surface area contributed by atoms with Gasteiger partial charge in [-0.15, -0.1) is 0 Å². The molecule has 0 saturated carbocycles. The van der Waals surface area contributed by atoms with Gasteiger partial charge in [-0.25, -0.2) is 9.59 Å². The number of thioether (sulfide) groups is 2. The Morgan fingerprint density at radius 1 is 0.897 bits per heavy atom. The van der Waals surface area contributed by atoms with Gasteiger partial charge in [0.05, 0.1) is 30.3 Å². The summed E-state index contributed by atoms with van der Waals surface area (Å²) in [6.45, 7) is 4.13. The fraction of sp³-hybridized carbons (Fsp3) is 0.455. The third kappa shape index (κ3) is 5.20. The van der Waals surface area contributed by atoms with Crippen LogP contribution in [0.5, 0.6) is 0 Å². The van der Waals surface area contributed by atoms with E-state index < -0.39 is 5.92 Å². The molecule has 1 aliphatic rings. The van der Waals surface area contributed by atoms with E-state index in [-0.39, 0.29) is 25.2 Å². The molecule has 0 atom stereocenters. The van der Waals surface area contributed by atoms with Crippen LogP contribution in [-0.2, 0) is 19.1 Å². The Kier molecular flexibility index (Phi) is 9.17. The largest absolute Gasteiger partial charge is 0.463 e. The van der Waals surface area contributed by atoms with Crippen molar-refractivity contribution in [3.05, 3.63) is 58.4 Å². The molecule has 1 aromatic carbocycles. The van der Waals surface area contributed by atoms with E-state index in [9.17, 15) is 9.59 Å². The van der Waals surface area contributed by atoms with Crippen molar-refractivity contribution in [3.63, 3.8) is 0 Å². The number of rotatable bonds is 9. The Balaban J connectivity index is 2.81. The second kappa shape index (κ2) is 11.4. The summed E-state index contributed by atoms with van der Waals surface area (Å²) in [7, 11) is 1.91. The third-order valence-corrected chi connectivity index (χ3v) is 5.82. The number of benzene rings is 1. The van der Waals surface area contributed by atoms with Crippen LogP contribution >= 0.6 is 23.5 Å². The maximum absolute atomic E-state index is 13.1. The maximum atomic E-state index is 13.1. The van der Waals surface area contributed by atoms with Gasteiger partial charge < -0.3 is 14.4 Å². The Morgan fingerprint density at radius 2 is 1.34 bits per heavy atom. The predicted molar refractivity (Wildman–Crippen MR) is 121 cm³/mol. The van der Waals surface area contributed by atoms with Gasteiger partial charge in [-0.1, -0.05) is 30.3 Å². The molecule has 0 unspecified atom stereocenters. The third-order valence-electron chi connectivity index (χ3n) is 4.69. The van der Waals surface area contributed by atoms with E-state index in [2.05, 4.69) is 0 Å². The standard InChI is InChI=1S/C22H29NO4S2/c1-6-26-21(24)19-16(13-28-4)23(3)17(14-29-5)20(22(25)27-7-2)18(19)15-11-9-8-10-12-15/h8-12,18H,6-7,13-14H2,1-5H3. The molecule has 0 amide bonds. The molecule has 0 bridgehead atoms. The minimum Gasteiger partial charge on any atom is -0.463 e. The molecule has 0 aliphatic carbocycles. The van der Waals surface area contributed by atoms with Crippen LogP contribution in [0.15, 0.2) is 52.9 Å². The summed E-state index contributed by atoms with van der Waals surface area (Å²) in [5.74, 6) is -0.0106. The lowest BCUT2D eigenvalue weighted by Gasteiger charge is -2.38. The van der Waals surface area contributed by atoms with Crippen LogP contribution in [0, 0.1) is 0 Å². The van der Waals surface area contributed by atoms with Crippen LogP contribution < -0.4 is 0 Å². The molecule has 0 radical (unpaired) electrons. The Morgan fingerprint density at radius 3 is 1.72 bits per heavy atom. The minimum absolute atomic E-state index is 0.274. The smallest absolute Gasteiger partial charge is 0.336 e. The van der Waals surface area contributed by atoms with E-state index in [0.29, 0.717) is 22.7 Å². The lowest BCUT2D eigenvalue weighted by atomic mass is 9.80. The van der Waals surface area contributed by atoms with Gasteiger partial charge in [0.2, 0.25) is 0 Å². The lowest BCUT2D eigenvalue weighted by Crippen LogP contribution is -2.36. The van der Waals surface area contributed by atoms with Crippen LogP contribution in [0.3, 0.4) is 0 Å². The number of carbonyl (C=O) groups is 2. The second-order valence-electron chi connectivity index (χ2n) is 6.43. The number of carbonyl (C=O) groups excluding carboxylic acids is 2. The van der Waals surface area contributed by atoms with Crippen LogP contribution in [0.1, 0.15) is 25.3 Å². The first-order valence-corrected chi connectivity index (χ1v) is 12.4. The number of esters is 2. The van der Waals surface area contributed by atoms with Gasteiger partial charge in [0.1, 0.15) is 0 Å². The van der Waals surface area contributed by atoms with Gasteiger partial charge in [0.25, 0.3) is 0 Å². The van der Waals surface area contributed by atoms with Gasteiger partial charge in [0.15, 0.2) is 0 Å². The highest BCUT2D eigenvalue weighted by Crippen LogP contribution is 2.43. The molecule has 158 valence electrons. The fourth-order valence-electron chi connectivity index (χ4n) is 3.49. The van der Waals surface area contributed by atoms with Crippen molar-refractivity contribution < 1.29 is 19.1 Å². The molecule has 7 heteroatoms. The zero-order valence-corrected chi connectivity index (χ0v) is 19.3. The summed E-state index contributed by atoms with van der Waals surface area (Å²) in [6, 6.07) is 9.65. The van der Waals surface area contributed by atoms with Crippen molar-refractivity contribution in [3.8, 4) is 0 Å². The SMILES string of the molecule is CCOC(=O)C1=C(CSC)N(C)C(CSC)=C(C(=O)OCC)C1c1ccccc1. The van der Waals surface area contributed by atoms with Gasteiger partial charge in [-0.05, 0) is 31.9 Å². The molecule has 1 heterocycles. The van der Waals surface area contributed by atoms with E-state index in [1.807, 2.05) is 54.8 Å². The fourth-order valence-corrected chi connectivity index (χ4v) is 4.74. The van der Waals surface area contributed by atoms with Crippen molar-refractivity contribution in [2.45, 2.75) is 19.8 Å². The van der Waals surface area contributed by atoms with Crippen LogP contribution in [0.25, 0.3) is 0 Å². The Labute approximate surface area is 181 Å². The summed E-state index contributed by atoms with van der Waals surface area (Å²) < 4.78 is 10.9. The molecule has 1 aliphatic heterocycles. The first kappa shape index (κ1) is 23.4. The second-order valence-corrected chi connectivity index (χ2v) is 8.16. The van der Waals surface area contributed by atoms with E-state index in [4.69, 9.17) is 9.47 Å². The highest BCUT2D eigenvalue weighted by molar-refractivity contribution is 7.99. The van der Waals surface area contributed by atoms with Gasteiger partial charge in [-0.3, -0.25) is 0 Å². The summed E-state index contributed by atoms with van der Waals surface area (Å²) >= 11 is 3.27. The molecule has 5 nitrogen and oxygen atoms in total. The zero-order valence-electron chi connectivity index (χ0n) is 17.7. The van der Waals surface area contributed by atoms with E-state index >= 15 is 0 Å². The molecule has 0 aromatic heterocycles. The van der Waals surface area contributed by atoms with Gasteiger partial charge in [-0.2, -0.15) is 23.5 Å². The predicted octanol–water partition coefficient (Wildman–Crippen LogP) is 4.08. The average molecular weight is 436 g/mol. The van der Waals surface area contributed by atoms with Crippen molar-refractivity contribution in [1.29, 1.82) is 0 Å². The van der Waals surface area contributed by atoms with Crippen LogP contribution in [-0.4, -0.2) is 61.1 Å². The number of nitrogens with zero attached hydrogens (tertiary/aromatic N) is 1. The topological polar surface area (TPSA) is 55.8 Å². The van der Waals surface area contributed by atoms with Crippen molar-refractivity contribution >= 4 is 35.5 Å². The molecule has 2 rings (SSSR count). The van der Waals surface area contributed by atoms with Crippen molar-refractivity contribution in [2.75, 3.05) is 44.3 Å². The monoisotopic (exact) mass is 435 g/mol. The molecule has 0 saturated heterocycles. The van der Waals surface area contributed by atoms with Gasteiger partial charge in [0, 0.05) is 29.9 Å². The first-order valence-electron chi connectivity index (χ1n) is 9.58. The molecule has 29 heavy (non-hydrogen) atoms. The van der Waals surface area contributed by atoms with Gasteiger partial charge >= 0.3 is 11.9 Å². The number of hydrogen-bond donors (Lipinski definition) is 0. The molecule has 0 spiro atoms. The summed E-state index contributed by atoms with van der Waals surface area (Å²) in [6.07, 6.45) is 4.00. The number of hydrogen-bond acceptors (Lipinski definition) is 7. The highest BCUT2D eigenvalue weighted by atomic mass is 32.2. The zero-order chi connectivity index (χ0) is 21.4. The normalized spacial score (nSPS) is 15.0. The Hall–Kier alpha value is -1.86. The maximum Gasteiger partial charge on any atom is 0.336 e. The van der Waals surface area contributed by atoms with Crippen molar-refractivity contribution in [2.24, 2.45) is 0 Å². The summed E-state index contributed by atoms with van der Waals surface area (Å²) in [5, 5.41) is 0. The van der Waals surface area contributed by atoms with E-state index in [0.717, 1.165) is 17.0 Å². The molecular formula is C22H29NO4S2. The Bertz CT molecular complexity index is 743. The summed E-state index contributed by atoms with van der Waals surface area (Å²) in [4.78, 5) is 28.2. The average Bonchev–Trinajstić information content (AvgIpc) is 2.71. The molecule has 0 N–H and O–H groups in total. The van der Waals surface area contributed by atoms with E-state index in [1.165, 1.54) is 0 Å². The number of ether oxygens (including phenoxy) is 2. The highest BCUT2D eigenvalue weighted by Gasteiger charge is 2.41. The first-order chi connectivity index (χ1) is 14.0. The molecule has 1 aromatic rings. The molecular weight excluding hydrogens is 406 g/mol. The van der Waals surface area contributed by atoms with Crippen LogP contribution in [0.4, 0.5) is 0 Å². The quantitative estimate of drug-likeness (QED) is 0.542. The molecule has 0 fully saturated rings. The summed E-state index contributed by atoms with van der Waals surface area (Å²) in [5.41, 5.74) is 3.67. The van der Waals surface area contributed by atoms with Crippen LogP contribution in [0.2, 0.25) is 0 Å². The van der Waals surface area contributed by atoms with E-state index in [1.54, 1.807) is 37.4 Å².